The minimum atomic E-state index is 1.12. The number of rotatable bonds is 6. The quantitative estimate of drug-likeness (QED) is 0.195. The highest BCUT2D eigenvalue weighted by molar-refractivity contribution is 5.76. The van der Waals surface area contributed by atoms with Crippen LogP contribution in [0.3, 0.4) is 0 Å². The molecule has 0 aliphatic heterocycles. The van der Waals surface area contributed by atoms with Crippen LogP contribution in [0, 0.1) is 6.92 Å². The molecule has 0 saturated heterocycles. The summed E-state index contributed by atoms with van der Waals surface area (Å²) in [4.78, 5) is 8.23. The van der Waals surface area contributed by atoms with E-state index in [2.05, 4.69) is 142 Å². The molecule has 7 rings (SSSR count). The van der Waals surface area contributed by atoms with Crippen LogP contribution < -0.4 is 9.13 Å². The van der Waals surface area contributed by atoms with Gasteiger partial charge in [0, 0.05) is 73.3 Å². The van der Waals surface area contributed by atoms with Crippen LogP contribution in [0.25, 0.3) is 55.9 Å². The molecule has 0 unspecified atom stereocenters. The second-order valence-electron chi connectivity index (χ2n) is 10.6. The van der Waals surface area contributed by atoms with Crippen molar-refractivity contribution in [1.82, 2.24) is 9.97 Å². The molecule has 204 valence electrons. The van der Waals surface area contributed by atoms with E-state index < -0.39 is 0 Å². The molecule has 3 aromatic carbocycles. The Balaban J connectivity index is 1.09. The van der Waals surface area contributed by atoms with Crippen LogP contribution in [0.15, 0.2) is 165 Å². The van der Waals surface area contributed by atoms with Gasteiger partial charge in [0.2, 0.25) is 11.4 Å². The Morgan fingerprint density at radius 2 is 0.744 bits per heavy atom. The smallest absolute Gasteiger partial charge is 0.210 e. The lowest BCUT2D eigenvalue weighted by Gasteiger charge is -2.10. The second kappa shape index (κ2) is 11.6. The maximum absolute atomic E-state index is 4.12. The zero-order valence-corrected chi connectivity index (χ0v) is 23.9. The highest BCUT2D eigenvalue weighted by Crippen LogP contribution is 2.30. The first-order valence-electron chi connectivity index (χ1n) is 14.4. The molecule has 4 nitrogen and oxygen atoms in total. The summed E-state index contributed by atoms with van der Waals surface area (Å²) in [5.41, 5.74) is 13.0. The van der Waals surface area contributed by atoms with Gasteiger partial charge in [0.25, 0.3) is 0 Å². The molecule has 4 aromatic heterocycles. The van der Waals surface area contributed by atoms with Gasteiger partial charge in [-0.3, -0.25) is 9.97 Å². The molecule has 0 atom stereocenters. The molecule has 0 spiro atoms. The standard InChI is InChI=1S/C39H30N4/c1-29-2-3-36(30-4-8-37(9-5-30)42-24-16-33(17-25-42)31-12-20-40-21-13-31)28-39(29)35-6-10-38(11-7-35)43-26-18-34(19-27-43)32-14-22-41-23-15-32/h2-28H,1H3/q+2. The maximum Gasteiger partial charge on any atom is 0.210 e. The van der Waals surface area contributed by atoms with Crippen molar-refractivity contribution in [2.24, 2.45) is 0 Å². The monoisotopic (exact) mass is 554 g/mol. The number of pyridine rings is 4. The fourth-order valence-corrected chi connectivity index (χ4v) is 5.42. The van der Waals surface area contributed by atoms with E-state index >= 15 is 0 Å². The first-order chi connectivity index (χ1) is 21.2. The third-order valence-electron chi connectivity index (χ3n) is 7.90. The van der Waals surface area contributed by atoms with Gasteiger partial charge in [-0.1, -0.05) is 12.1 Å². The van der Waals surface area contributed by atoms with Gasteiger partial charge < -0.3 is 0 Å². The predicted octanol–water partition coefficient (Wildman–Crippen LogP) is 8.01. The summed E-state index contributed by atoms with van der Waals surface area (Å²) in [5, 5.41) is 0. The first kappa shape index (κ1) is 26.2. The lowest BCUT2D eigenvalue weighted by molar-refractivity contribution is -0.595. The summed E-state index contributed by atoms with van der Waals surface area (Å²) in [6.45, 7) is 2.18. The van der Waals surface area contributed by atoms with Gasteiger partial charge in [0.05, 0.1) is 0 Å². The topological polar surface area (TPSA) is 33.5 Å². The Morgan fingerprint density at radius 1 is 0.372 bits per heavy atom. The van der Waals surface area contributed by atoms with Gasteiger partial charge in [-0.15, -0.1) is 0 Å². The van der Waals surface area contributed by atoms with Gasteiger partial charge in [-0.2, -0.15) is 9.13 Å². The largest absolute Gasteiger partial charge is 0.265 e. The highest BCUT2D eigenvalue weighted by atomic mass is 14.9. The minimum absolute atomic E-state index is 1.12. The Kier molecular flexibility index (Phi) is 7.08. The van der Waals surface area contributed by atoms with Gasteiger partial charge in [-0.05, 0) is 112 Å². The number of hydrogen-bond acceptors (Lipinski definition) is 2. The highest BCUT2D eigenvalue weighted by Gasteiger charge is 2.11. The molecule has 7 aromatic rings. The summed E-state index contributed by atoms with van der Waals surface area (Å²) in [6, 6.07) is 40.9. The van der Waals surface area contributed by atoms with Crippen molar-refractivity contribution in [2.75, 3.05) is 0 Å². The average molecular weight is 555 g/mol. The fraction of sp³-hybridized carbons (Fsp3) is 0.0256. The normalized spacial score (nSPS) is 10.9. The third kappa shape index (κ3) is 5.59. The van der Waals surface area contributed by atoms with E-state index in [1.54, 1.807) is 0 Å². The summed E-state index contributed by atoms with van der Waals surface area (Å²) < 4.78 is 4.28. The van der Waals surface area contributed by atoms with Crippen molar-refractivity contribution in [2.45, 2.75) is 6.92 Å². The van der Waals surface area contributed by atoms with Gasteiger partial charge >= 0.3 is 0 Å². The van der Waals surface area contributed by atoms with Crippen LogP contribution in [0.2, 0.25) is 0 Å². The molecule has 0 bridgehead atoms. The molecule has 4 heterocycles. The summed E-state index contributed by atoms with van der Waals surface area (Å²) in [5.74, 6) is 0. The van der Waals surface area contributed by atoms with Crippen molar-refractivity contribution in [3.63, 3.8) is 0 Å². The van der Waals surface area contributed by atoms with Crippen molar-refractivity contribution < 1.29 is 9.13 Å². The van der Waals surface area contributed by atoms with E-state index in [4.69, 9.17) is 0 Å². The van der Waals surface area contributed by atoms with Crippen molar-refractivity contribution in [1.29, 1.82) is 0 Å². The predicted molar refractivity (Wildman–Crippen MR) is 172 cm³/mol. The summed E-state index contributed by atoms with van der Waals surface area (Å²) in [6.07, 6.45) is 15.7. The van der Waals surface area contributed by atoms with Gasteiger partial charge in [0.15, 0.2) is 24.8 Å². The lowest BCUT2D eigenvalue weighted by Crippen LogP contribution is -2.28. The third-order valence-corrected chi connectivity index (χ3v) is 7.90. The maximum atomic E-state index is 4.12. The Bertz CT molecular complexity index is 1970. The fourth-order valence-electron chi connectivity index (χ4n) is 5.42. The van der Waals surface area contributed by atoms with Crippen LogP contribution in [0.5, 0.6) is 0 Å². The van der Waals surface area contributed by atoms with Crippen molar-refractivity contribution in [3.8, 4) is 55.9 Å². The minimum Gasteiger partial charge on any atom is -0.265 e. The van der Waals surface area contributed by atoms with Gasteiger partial charge in [0.1, 0.15) is 0 Å². The lowest BCUT2D eigenvalue weighted by atomic mass is 9.95. The second-order valence-corrected chi connectivity index (χ2v) is 10.6. The zero-order chi connectivity index (χ0) is 29.0. The van der Waals surface area contributed by atoms with Crippen LogP contribution in [0.1, 0.15) is 5.56 Å². The number of aryl methyl sites for hydroxylation is 1. The molecule has 0 N–H and O–H groups in total. The molecule has 0 amide bonds. The van der Waals surface area contributed by atoms with E-state index in [0.717, 1.165) is 22.5 Å². The van der Waals surface area contributed by atoms with E-state index in [1.807, 2.05) is 49.1 Å². The molecular weight excluding hydrogens is 524 g/mol. The van der Waals surface area contributed by atoms with Crippen LogP contribution in [0.4, 0.5) is 0 Å². The van der Waals surface area contributed by atoms with E-state index in [9.17, 15) is 0 Å². The van der Waals surface area contributed by atoms with Crippen molar-refractivity contribution >= 4 is 0 Å². The number of benzene rings is 3. The molecule has 4 heteroatoms. The van der Waals surface area contributed by atoms with Gasteiger partial charge in [-0.25, -0.2) is 0 Å². The number of nitrogens with zero attached hydrogens (tertiary/aromatic N) is 4. The van der Waals surface area contributed by atoms with Crippen LogP contribution in [-0.4, -0.2) is 9.97 Å². The zero-order valence-electron chi connectivity index (χ0n) is 23.9. The first-order valence-corrected chi connectivity index (χ1v) is 14.4. The Labute approximate surface area is 251 Å². The molecule has 0 radical (unpaired) electrons. The molecule has 0 fully saturated rings. The number of aromatic nitrogens is 4. The van der Waals surface area contributed by atoms with E-state index in [1.165, 1.54) is 38.9 Å². The van der Waals surface area contributed by atoms with Crippen molar-refractivity contribution in [3.05, 3.63) is 170 Å². The SMILES string of the molecule is Cc1ccc(-c2ccc(-[n+]3ccc(-c4ccncc4)cc3)cc2)cc1-c1ccc(-[n+]2ccc(-c3ccncc3)cc2)cc1. The molecular formula is C39H30N4+2. The van der Waals surface area contributed by atoms with Crippen LogP contribution >= 0.6 is 0 Å². The van der Waals surface area contributed by atoms with E-state index in [0.29, 0.717) is 0 Å². The number of hydrogen-bond donors (Lipinski definition) is 0. The molecule has 0 aliphatic carbocycles. The summed E-state index contributed by atoms with van der Waals surface area (Å²) in [7, 11) is 0. The van der Waals surface area contributed by atoms with Crippen LogP contribution in [-0.2, 0) is 0 Å². The molecule has 0 saturated carbocycles. The Morgan fingerprint density at radius 3 is 1.21 bits per heavy atom. The summed E-state index contributed by atoms with van der Waals surface area (Å²) >= 11 is 0. The average Bonchev–Trinajstić information content (AvgIpc) is 3.10. The van der Waals surface area contributed by atoms with E-state index in [-0.39, 0.29) is 0 Å². The Hall–Kier alpha value is -5.74. The molecule has 0 aliphatic rings. The molecule has 43 heavy (non-hydrogen) atoms.